The average Bonchev–Trinajstić information content (AvgIpc) is 2.28. The quantitative estimate of drug-likeness (QED) is 0.584. The largest absolute Gasteiger partial charge is 0.400 e. The molecule has 0 amide bonds. The van der Waals surface area contributed by atoms with Crippen LogP contribution in [0.15, 0.2) is 30.3 Å². The van der Waals surface area contributed by atoms with Gasteiger partial charge in [0, 0.05) is 43.0 Å². The van der Waals surface area contributed by atoms with E-state index in [9.17, 15) is 0 Å². The summed E-state index contributed by atoms with van der Waals surface area (Å²) in [5, 5.41) is 21.0. The van der Waals surface area contributed by atoms with Gasteiger partial charge in [-0.05, 0) is 6.92 Å². The Morgan fingerprint density at radius 1 is 0.714 bits per heavy atom. The molecule has 0 spiro atoms. The number of aryl methyl sites for hydroxylation is 1. The van der Waals surface area contributed by atoms with Gasteiger partial charge >= 0.3 is 0 Å². The van der Waals surface area contributed by atoms with E-state index in [-0.39, 0.29) is 21.7 Å². The summed E-state index contributed by atoms with van der Waals surface area (Å²) in [6.07, 6.45) is 0. The molecule has 3 nitrogen and oxygen atoms in total. The Morgan fingerprint density at radius 3 is 1.14 bits per heavy atom. The van der Waals surface area contributed by atoms with Crippen molar-refractivity contribution in [3.05, 3.63) is 35.9 Å². The number of aliphatic hydroxyl groups is 3. The monoisotopic (exact) mass is 236 g/mol. The van der Waals surface area contributed by atoms with Crippen molar-refractivity contribution in [3.8, 4) is 0 Å². The van der Waals surface area contributed by atoms with Gasteiger partial charge < -0.3 is 15.3 Å². The molecule has 14 heavy (non-hydrogen) atoms. The summed E-state index contributed by atoms with van der Waals surface area (Å²) in [7, 11) is 3.00. The zero-order chi connectivity index (χ0) is 11.1. The van der Waals surface area contributed by atoms with E-state index < -0.39 is 0 Å². The van der Waals surface area contributed by atoms with Gasteiger partial charge in [-0.15, -0.1) is 0 Å². The molecule has 1 rings (SSSR count). The second-order valence-corrected chi connectivity index (χ2v) is 1.65. The van der Waals surface area contributed by atoms with Crippen LogP contribution in [0.1, 0.15) is 5.56 Å². The topological polar surface area (TPSA) is 60.7 Å². The summed E-state index contributed by atoms with van der Waals surface area (Å²) in [6, 6.07) is 10.3. The molecule has 0 aromatic heterocycles. The molecule has 0 aliphatic carbocycles. The number of aliphatic hydroxyl groups excluding tert-OH is 3. The molecule has 0 aliphatic rings. The Labute approximate surface area is 101 Å². The second kappa shape index (κ2) is 29.3. The van der Waals surface area contributed by atoms with Crippen molar-refractivity contribution < 1.29 is 37.0 Å². The van der Waals surface area contributed by atoms with Crippen LogP contribution in [0.25, 0.3) is 0 Å². The van der Waals surface area contributed by atoms with Crippen LogP contribution in [0, 0.1) is 6.92 Å². The molecule has 82 valence electrons. The molecular formula is C10H20O3Ti. The Bertz CT molecular complexity index is 145. The third kappa shape index (κ3) is 22.6. The maximum Gasteiger partial charge on any atom is 0.0319 e. The van der Waals surface area contributed by atoms with Crippen molar-refractivity contribution in [2.24, 2.45) is 0 Å². The minimum absolute atomic E-state index is 0. The molecule has 0 saturated carbocycles. The number of hydrogen-bond acceptors (Lipinski definition) is 3. The van der Waals surface area contributed by atoms with E-state index in [2.05, 4.69) is 19.1 Å². The fraction of sp³-hybridized carbons (Fsp3) is 0.400. The Morgan fingerprint density at radius 2 is 1.00 bits per heavy atom. The smallest absolute Gasteiger partial charge is 0.0319 e. The predicted octanol–water partition coefficient (Wildman–Crippen LogP) is 0.818. The van der Waals surface area contributed by atoms with Crippen molar-refractivity contribution in [1.82, 2.24) is 0 Å². The van der Waals surface area contributed by atoms with Crippen LogP contribution in [-0.4, -0.2) is 36.6 Å². The number of rotatable bonds is 0. The van der Waals surface area contributed by atoms with Gasteiger partial charge in [0.1, 0.15) is 0 Å². The van der Waals surface area contributed by atoms with Gasteiger partial charge in [0.05, 0.1) is 0 Å². The first-order valence-corrected chi connectivity index (χ1v) is 3.75. The second-order valence-electron chi connectivity index (χ2n) is 1.65. The Kier molecular flexibility index (Phi) is 49.3. The van der Waals surface area contributed by atoms with E-state index in [4.69, 9.17) is 15.3 Å². The van der Waals surface area contributed by atoms with Crippen molar-refractivity contribution in [3.63, 3.8) is 0 Å². The Balaban J connectivity index is -0.0000000625. The zero-order valence-electron chi connectivity index (χ0n) is 9.23. The van der Waals surface area contributed by atoms with Crippen molar-refractivity contribution in [1.29, 1.82) is 0 Å². The number of hydrogen-bond donors (Lipinski definition) is 3. The zero-order valence-corrected chi connectivity index (χ0v) is 10.8. The summed E-state index contributed by atoms with van der Waals surface area (Å²) in [5.74, 6) is 0. The van der Waals surface area contributed by atoms with Crippen LogP contribution >= 0.6 is 0 Å². The van der Waals surface area contributed by atoms with Crippen LogP contribution in [0.4, 0.5) is 0 Å². The fourth-order valence-electron chi connectivity index (χ4n) is 0.534. The molecule has 0 heterocycles. The van der Waals surface area contributed by atoms with E-state index in [1.807, 2.05) is 18.2 Å². The summed E-state index contributed by atoms with van der Waals surface area (Å²) >= 11 is 0. The standard InChI is InChI=1S/C7H8.3CH4O.Ti/c1-7-5-3-2-4-6-7;3*1-2;/h2-6H,1H3;3*2H,1H3;. The molecule has 0 fully saturated rings. The summed E-state index contributed by atoms with van der Waals surface area (Å²) < 4.78 is 0. The van der Waals surface area contributed by atoms with E-state index in [1.54, 1.807) is 0 Å². The Hall–Kier alpha value is -0.186. The van der Waals surface area contributed by atoms with E-state index in [0.29, 0.717) is 0 Å². The molecule has 3 N–H and O–H groups in total. The van der Waals surface area contributed by atoms with Gasteiger partial charge in [-0.25, -0.2) is 0 Å². The SMILES string of the molecule is CO.CO.CO.Cc1ccccc1.[Ti]. The van der Waals surface area contributed by atoms with E-state index >= 15 is 0 Å². The van der Waals surface area contributed by atoms with Crippen LogP contribution in [0.2, 0.25) is 0 Å². The normalized spacial score (nSPS) is 5.64. The number of benzene rings is 1. The molecule has 0 radical (unpaired) electrons. The molecule has 1 aromatic carbocycles. The molecular weight excluding hydrogens is 216 g/mol. The predicted molar refractivity (Wildman–Crippen MR) is 55.6 cm³/mol. The van der Waals surface area contributed by atoms with Gasteiger partial charge in [-0.3, -0.25) is 0 Å². The van der Waals surface area contributed by atoms with Gasteiger partial charge in [0.25, 0.3) is 0 Å². The van der Waals surface area contributed by atoms with Crippen molar-refractivity contribution in [2.75, 3.05) is 21.3 Å². The third-order valence-corrected chi connectivity index (χ3v) is 0.940. The molecule has 0 bridgehead atoms. The minimum Gasteiger partial charge on any atom is -0.400 e. The molecule has 0 saturated heterocycles. The molecule has 0 atom stereocenters. The molecule has 1 aromatic rings. The van der Waals surface area contributed by atoms with Gasteiger partial charge in [0.15, 0.2) is 0 Å². The maximum absolute atomic E-state index is 7.00. The van der Waals surface area contributed by atoms with Gasteiger partial charge in [-0.1, -0.05) is 35.9 Å². The minimum atomic E-state index is 0. The molecule has 0 unspecified atom stereocenters. The first-order valence-electron chi connectivity index (χ1n) is 3.75. The fourth-order valence-corrected chi connectivity index (χ4v) is 0.534. The van der Waals surface area contributed by atoms with Crippen LogP contribution in [0.5, 0.6) is 0 Å². The van der Waals surface area contributed by atoms with Crippen molar-refractivity contribution >= 4 is 0 Å². The summed E-state index contributed by atoms with van der Waals surface area (Å²) in [6.45, 7) is 2.08. The maximum atomic E-state index is 7.00. The molecule has 0 aliphatic heterocycles. The van der Waals surface area contributed by atoms with E-state index in [0.717, 1.165) is 21.3 Å². The third-order valence-electron chi connectivity index (χ3n) is 0.940. The van der Waals surface area contributed by atoms with Gasteiger partial charge in [-0.2, -0.15) is 0 Å². The van der Waals surface area contributed by atoms with Crippen molar-refractivity contribution in [2.45, 2.75) is 6.92 Å². The van der Waals surface area contributed by atoms with Crippen LogP contribution in [-0.2, 0) is 21.7 Å². The first kappa shape index (κ1) is 23.6. The summed E-state index contributed by atoms with van der Waals surface area (Å²) in [5.41, 5.74) is 1.32. The van der Waals surface area contributed by atoms with Gasteiger partial charge in [0.2, 0.25) is 0 Å². The first-order chi connectivity index (χ1) is 6.39. The molecule has 4 heteroatoms. The van der Waals surface area contributed by atoms with Crippen LogP contribution < -0.4 is 0 Å². The van der Waals surface area contributed by atoms with Crippen LogP contribution in [0.3, 0.4) is 0 Å². The van der Waals surface area contributed by atoms with E-state index in [1.165, 1.54) is 5.56 Å². The summed E-state index contributed by atoms with van der Waals surface area (Å²) in [4.78, 5) is 0. The average molecular weight is 236 g/mol.